The van der Waals surface area contributed by atoms with Gasteiger partial charge in [0.2, 0.25) is 0 Å². The van der Waals surface area contributed by atoms with Crippen molar-refractivity contribution in [3.63, 3.8) is 0 Å². The van der Waals surface area contributed by atoms with Gasteiger partial charge in [0.25, 0.3) is 0 Å². The molecule has 7 heavy (non-hydrogen) atoms. The second-order valence-corrected chi connectivity index (χ2v) is 0.927. The van der Waals surface area contributed by atoms with Crippen LogP contribution in [-0.2, 0) is 14.3 Å². The molecule has 0 amide bonds. The molecule has 1 aliphatic heterocycles. The molecule has 1 heterocycles. The fourth-order valence-corrected chi connectivity index (χ4v) is 0.237. The molecule has 0 N–H and O–H groups in total. The van der Waals surface area contributed by atoms with Crippen LogP contribution in [0.3, 0.4) is 0 Å². The molecule has 0 bridgehead atoms. The van der Waals surface area contributed by atoms with E-state index in [-0.39, 0.29) is 0 Å². The second kappa shape index (κ2) is 1.18. The summed E-state index contributed by atoms with van der Waals surface area (Å²) in [5.41, 5.74) is 0. The van der Waals surface area contributed by atoms with Crippen molar-refractivity contribution in [1.29, 1.82) is 0 Å². The van der Waals surface area contributed by atoms with Crippen LogP contribution in [-0.4, -0.2) is 11.9 Å². The highest BCUT2D eigenvalue weighted by atomic mass is 16.6. The second-order valence-electron chi connectivity index (χ2n) is 0.927. The van der Waals surface area contributed by atoms with E-state index in [0.717, 1.165) is 0 Å². The fourth-order valence-electron chi connectivity index (χ4n) is 0.237. The van der Waals surface area contributed by atoms with E-state index in [0.29, 0.717) is 0 Å². The lowest BCUT2D eigenvalue weighted by Crippen LogP contribution is -1.96. The third kappa shape index (κ3) is 0.652. The first-order chi connectivity index (χ1) is 4.13. The van der Waals surface area contributed by atoms with Gasteiger partial charge in [-0.25, -0.2) is 9.59 Å². The van der Waals surface area contributed by atoms with Crippen molar-refractivity contribution in [2.75, 3.05) is 0 Å². The van der Waals surface area contributed by atoms with E-state index in [9.17, 15) is 9.59 Å². The molecule has 3 nitrogen and oxygen atoms in total. The number of esters is 2. The monoisotopic (exact) mass is 100 g/mol. The van der Waals surface area contributed by atoms with Crippen molar-refractivity contribution < 1.29 is 17.1 Å². The van der Waals surface area contributed by atoms with E-state index in [4.69, 9.17) is 2.74 Å². The zero-order valence-corrected chi connectivity index (χ0v) is 3.22. The Balaban J connectivity index is 3.06. The third-order valence-corrected chi connectivity index (χ3v) is 0.452. The van der Waals surface area contributed by atoms with Crippen molar-refractivity contribution in [1.82, 2.24) is 0 Å². The van der Waals surface area contributed by atoms with Crippen LogP contribution in [0, 0.1) is 0 Å². The Labute approximate surface area is 42.4 Å². The molecular weight excluding hydrogens is 96.0 g/mol. The summed E-state index contributed by atoms with van der Waals surface area (Å²) in [7, 11) is 0. The Morgan fingerprint density at radius 2 is 1.86 bits per heavy atom. The van der Waals surface area contributed by atoms with Gasteiger partial charge in [-0.2, -0.15) is 0 Å². The molecule has 0 atom stereocenters. The van der Waals surface area contributed by atoms with Crippen LogP contribution >= 0.6 is 0 Å². The van der Waals surface area contributed by atoms with Gasteiger partial charge < -0.3 is 4.74 Å². The van der Waals surface area contributed by atoms with E-state index < -0.39 is 24.0 Å². The summed E-state index contributed by atoms with van der Waals surface area (Å²) in [5, 5.41) is 0. The van der Waals surface area contributed by atoms with Crippen molar-refractivity contribution in [3.05, 3.63) is 12.1 Å². The summed E-state index contributed by atoms with van der Waals surface area (Å²) in [6, 6.07) is -1.33. The van der Waals surface area contributed by atoms with Crippen LogP contribution in [0.2, 0.25) is 0 Å². The van der Waals surface area contributed by atoms with Crippen LogP contribution in [0.5, 0.6) is 0 Å². The maximum atomic E-state index is 10.2. The molecule has 0 spiro atoms. The minimum absolute atomic E-state index is 0.667. The highest BCUT2D eigenvalue weighted by Crippen LogP contribution is 1.92. The zero-order valence-electron chi connectivity index (χ0n) is 5.22. The van der Waals surface area contributed by atoms with E-state index in [1.165, 1.54) is 0 Å². The van der Waals surface area contributed by atoms with Crippen molar-refractivity contribution in [2.24, 2.45) is 0 Å². The van der Waals surface area contributed by atoms with Crippen molar-refractivity contribution >= 4 is 11.9 Å². The lowest BCUT2D eigenvalue weighted by atomic mass is 10.6. The maximum Gasteiger partial charge on any atom is 0.338 e. The lowest BCUT2D eigenvalue weighted by molar-refractivity contribution is -0.150. The number of cyclic esters (lactones) is 2. The van der Waals surface area contributed by atoms with Crippen LogP contribution in [0.1, 0.15) is 2.74 Å². The number of hydrogen-bond acceptors (Lipinski definition) is 3. The summed E-state index contributed by atoms with van der Waals surface area (Å²) in [5.74, 6) is -2.07. The van der Waals surface area contributed by atoms with Crippen LogP contribution < -0.4 is 0 Å². The average molecular weight is 100 g/mol. The topological polar surface area (TPSA) is 43.4 Å². The highest BCUT2D eigenvalue weighted by Gasteiger charge is 2.10. The number of rotatable bonds is 0. The third-order valence-electron chi connectivity index (χ3n) is 0.452. The zero-order chi connectivity index (χ0) is 7.02. The first-order valence-corrected chi connectivity index (χ1v) is 1.57. The molecule has 1 rings (SSSR count). The largest absolute Gasteiger partial charge is 0.387 e. The summed E-state index contributed by atoms with van der Waals surface area (Å²) >= 11 is 0. The van der Waals surface area contributed by atoms with Gasteiger partial charge in [0.15, 0.2) is 0 Å². The number of ether oxygens (including phenoxy) is 1. The molecule has 0 fully saturated rings. The van der Waals surface area contributed by atoms with Crippen LogP contribution in [0.25, 0.3) is 0 Å². The molecule has 0 aliphatic carbocycles. The van der Waals surface area contributed by atoms with Gasteiger partial charge in [0, 0.05) is 12.1 Å². The van der Waals surface area contributed by atoms with Gasteiger partial charge >= 0.3 is 11.9 Å². The molecule has 36 valence electrons. The van der Waals surface area contributed by atoms with Crippen molar-refractivity contribution in [2.45, 2.75) is 0 Å². The normalized spacial score (nSPS) is 24.6. The smallest absolute Gasteiger partial charge is 0.338 e. The lowest BCUT2D eigenvalue weighted by Gasteiger charge is -1.80. The Hall–Kier alpha value is -1.12. The predicted molar refractivity (Wildman–Crippen MR) is 20.2 cm³/mol. The van der Waals surface area contributed by atoms with Crippen molar-refractivity contribution in [3.8, 4) is 0 Å². The average Bonchev–Trinajstić information content (AvgIpc) is 1.98. The van der Waals surface area contributed by atoms with Gasteiger partial charge in [-0.3, -0.25) is 0 Å². The van der Waals surface area contributed by atoms with Gasteiger partial charge in [-0.1, -0.05) is 0 Å². The van der Waals surface area contributed by atoms with Gasteiger partial charge in [-0.15, -0.1) is 0 Å². The summed E-state index contributed by atoms with van der Waals surface area (Å²) in [4.78, 5) is 20.4. The van der Waals surface area contributed by atoms with E-state index in [2.05, 4.69) is 4.74 Å². The van der Waals surface area contributed by atoms with E-state index in [1.54, 1.807) is 0 Å². The number of carbonyl (C=O) groups is 2. The minimum Gasteiger partial charge on any atom is -0.387 e. The SMILES string of the molecule is [2H]C1=C([2H])C(=O)OC1=O. The quantitative estimate of drug-likeness (QED) is 0.308. The van der Waals surface area contributed by atoms with Gasteiger partial charge in [0.05, 0.1) is 2.74 Å². The number of hydrogen-bond donors (Lipinski definition) is 0. The molecule has 0 saturated carbocycles. The molecule has 0 aromatic carbocycles. The first kappa shape index (κ1) is 2.26. The Morgan fingerprint density at radius 3 is 2.00 bits per heavy atom. The molecule has 1 aliphatic rings. The van der Waals surface area contributed by atoms with E-state index in [1.807, 2.05) is 0 Å². The highest BCUT2D eigenvalue weighted by molar-refractivity contribution is 6.04. The fraction of sp³-hybridized carbons (Fsp3) is 0. The summed E-state index contributed by atoms with van der Waals surface area (Å²) in [6.45, 7) is 0. The Morgan fingerprint density at radius 1 is 1.43 bits per heavy atom. The molecule has 3 heteroatoms. The maximum absolute atomic E-state index is 10.2. The first-order valence-electron chi connectivity index (χ1n) is 2.57. The molecule has 0 aromatic rings. The van der Waals surface area contributed by atoms with E-state index >= 15 is 0 Å². The minimum atomic E-state index is -1.04. The molecular formula is C4H2O3. The van der Waals surface area contributed by atoms with Gasteiger partial charge in [0.1, 0.15) is 0 Å². The van der Waals surface area contributed by atoms with Crippen LogP contribution in [0.4, 0.5) is 0 Å². The Bertz CT molecular complexity index is 196. The molecule has 0 aromatic heterocycles. The number of carbonyl (C=O) groups excluding carboxylic acids is 2. The molecule has 0 saturated heterocycles. The van der Waals surface area contributed by atoms with Gasteiger partial charge in [-0.05, 0) is 0 Å². The standard InChI is InChI=1S/C4H2O3/c5-3-1-2-4(6)7-3/h1-2H/i1D,2D. The van der Waals surface area contributed by atoms with Crippen LogP contribution in [0.15, 0.2) is 12.1 Å². The molecule has 0 unspecified atom stereocenters. The summed E-state index contributed by atoms with van der Waals surface area (Å²) < 4.78 is 17.2. The predicted octanol–water partition coefficient (Wildman–Crippen LogP) is -0.374. The summed E-state index contributed by atoms with van der Waals surface area (Å²) in [6.07, 6.45) is 0. The Kier molecular flexibility index (Phi) is 0.381. The molecule has 0 radical (unpaired) electrons.